The Bertz CT molecular complexity index is 1020. The number of hydrogen-bond donors (Lipinski definition) is 2. The Balaban J connectivity index is 1.46. The Hall–Kier alpha value is -3.93. The van der Waals surface area contributed by atoms with Crippen LogP contribution in [0.25, 0.3) is 0 Å². The van der Waals surface area contributed by atoms with E-state index < -0.39 is 0 Å². The second kappa shape index (κ2) is 12.1. The molecule has 0 radical (unpaired) electrons. The predicted molar refractivity (Wildman–Crippen MR) is 128 cm³/mol. The summed E-state index contributed by atoms with van der Waals surface area (Å²) in [6.45, 7) is 7.05. The highest BCUT2D eigenvalue weighted by molar-refractivity contribution is 5.94. The van der Waals surface area contributed by atoms with Gasteiger partial charge in [-0.2, -0.15) is 0 Å². The lowest BCUT2D eigenvalue weighted by molar-refractivity contribution is -0.114. The van der Waals surface area contributed by atoms with E-state index in [-0.39, 0.29) is 12.5 Å². The van der Waals surface area contributed by atoms with Gasteiger partial charge in [-0.3, -0.25) is 4.79 Å². The molecular weight excluding hydrogens is 404 g/mol. The normalized spacial score (nSPS) is 10.2. The van der Waals surface area contributed by atoms with Crippen LogP contribution in [0, 0.1) is 0 Å². The van der Waals surface area contributed by atoms with Crippen molar-refractivity contribution in [2.75, 3.05) is 37.0 Å². The van der Waals surface area contributed by atoms with Crippen molar-refractivity contribution >= 4 is 17.3 Å². The first-order valence-electron chi connectivity index (χ1n) is 10.4. The largest absolute Gasteiger partial charge is 0.490 e. The summed E-state index contributed by atoms with van der Waals surface area (Å²) in [4.78, 5) is 12.4. The molecule has 3 aromatic carbocycles. The molecule has 0 spiro atoms. The molecule has 0 aliphatic carbocycles. The van der Waals surface area contributed by atoms with E-state index in [9.17, 15) is 4.79 Å². The number of ether oxygens (including phenoxy) is 3. The molecule has 3 aromatic rings. The van der Waals surface area contributed by atoms with Gasteiger partial charge in [0.25, 0.3) is 0 Å². The van der Waals surface area contributed by atoms with E-state index in [0.717, 1.165) is 17.0 Å². The summed E-state index contributed by atoms with van der Waals surface area (Å²) in [6.07, 6.45) is 0. The average Bonchev–Trinajstić information content (AvgIpc) is 2.81. The molecule has 6 heteroatoms. The van der Waals surface area contributed by atoms with Gasteiger partial charge < -0.3 is 24.8 Å². The van der Waals surface area contributed by atoms with Crippen molar-refractivity contribution < 1.29 is 19.0 Å². The zero-order chi connectivity index (χ0) is 22.6. The second-order valence-corrected chi connectivity index (χ2v) is 7.18. The SMILES string of the molecule is C=C(C)COc1cccc(NC(=O)CNc2ccccc2OCCOc2ccccc2)c1. The quantitative estimate of drug-likeness (QED) is 0.306. The van der Waals surface area contributed by atoms with Crippen LogP contribution in [0.5, 0.6) is 17.2 Å². The van der Waals surface area contributed by atoms with Crippen molar-refractivity contribution in [3.05, 3.63) is 91.0 Å². The van der Waals surface area contributed by atoms with E-state index >= 15 is 0 Å². The maximum Gasteiger partial charge on any atom is 0.243 e. The van der Waals surface area contributed by atoms with E-state index in [4.69, 9.17) is 14.2 Å². The van der Waals surface area contributed by atoms with Gasteiger partial charge in [0.15, 0.2) is 0 Å². The topological polar surface area (TPSA) is 68.8 Å². The minimum Gasteiger partial charge on any atom is -0.490 e. The third kappa shape index (κ3) is 7.72. The molecular formula is C26H28N2O4. The van der Waals surface area contributed by atoms with Crippen molar-refractivity contribution in [3.8, 4) is 17.2 Å². The second-order valence-electron chi connectivity index (χ2n) is 7.18. The van der Waals surface area contributed by atoms with Gasteiger partial charge in [0.05, 0.1) is 12.2 Å². The van der Waals surface area contributed by atoms with Gasteiger partial charge in [-0.05, 0) is 48.9 Å². The Kier molecular flexibility index (Phi) is 8.57. The minimum atomic E-state index is -0.177. The van der Waals surface area contributed by atoms with Crippen molar-refractivity contribution in [1.29, 1.82) is 0 Å². The van der Waals surface area contributed by atoms with E-state index in [1.807, 2.05) is 79.7 Å². The number of carbonyl (C=O) groups is 1. The minimum absolute atomic E-state index is 0.0950. The van der Waals surface area contributed by atoms with Gasteiger partial charge in [-0.1, -0.05) is 43.0 Å². The summed E-state index contributed by atoms with van der Waals surface area (Å²) in [7, 11) is 0. The molecule has 3 rings (SSSR count). The van der Waals surface area contributed by atoms with Crippen LogP contribution >= 0.6 is 0 Å². The smallest absolute Gasteiger partial charge is 0.243 e. The first-order valence-corrected chi connectivity index (χ1v) is 10.4. The highest BCUT2D eigenvalue weighted by Gasteiger charge is 2.07. The van der Waals surface area contributed by atoms with E-state index in [1.165, 1.54) is 0 Å². The lowest BCUT2D eigenvalue weighted by Crippen LogP contribution is -2.22. The molecule has 32 heavy (non-hydrogen) atoms. The molecule has 6 nitrogen and oxygen atoms in total. The fourth-order valence-electron chi connectivity index (χ4n) is 2.82. The molecule has 0 bridgehead atoms. The predicted octanol–water partition coefficient (Wildman–Crippen LogP) is 5.15. The lowest BCUT2D eigenvalue weighted by Gasteiger charge is -2.14. The van der Waals surface area contributed by atoms with Crippen LogP contribution in [0.1, 0.15) is 6.92 Å². The summed E-state index contributed by atoms with van der Waals surface area (Å²) >= 11 is 0. The van der Waals surface area contributed by atoms with E-state index in [0.29, 0.717) is 37.0 Å². The molecule has 166 valence electrons. The Morgan fingerprint density at radius 1 is 0.844 bits per heavy atom. The molecule has 0 heterocycles. The molecule has 1 amide bonds. The van der Waals surface area contributed by atoms with Crippen LogP contribution in [0.3, 0.4) is 0 Å². The Labute approximate surface area is 188 Å². The summed E-state index contributed by atoms with van der Waals surface area (Å²) < 4.78 is 17.1. The lowest BCUT2D eigenvalue weighted by atomic mass is 10.2. The fraction of sp³-hybridized carbons (Fsp3) is 0.192. The van der Waals surface area contributed by atoms with Crippen LogP contribution in [0.4, 0.5) is 11.4 Å². The first kappa shape index (κ1) is 22.7. The zero-order valence-corrected chi connectivity index (χ0v) is 18.2. The number of amides is 1. The van der Waals surface area contributed by atoms with Crippen LogP contribution in [-0.2, 0) is 4.79 Å². The van der Waals surface area contributed by atoms with Gasteiger partial charge in [-0.15, -0.1) is 0 Å². The number of carbonyl (C=O) groups excluding carboxylic acids is 1. The van der Waals surface area contributed by atoms with Crippen molar-refractivity contribution in [3.63, 3.8) is 0 Å². The zero-order valence-electron chi connectivity index (χ0n) is 18.2. The number of benzene rings is 3. The third-order valence-corrected chi connectivity index (χ3v) is 4.28. The van der Waals surface area contributed by atoms with Gasteiger partial charge in [0.2, 0.25) is 5.91 Å². The van der Waals surface area contributed by atoms with E-state index in [2.05, 4.69) is 17.2 Å². The monoisotopic (exact) mass is 432 g/mol. The molecule has 0 saturated heterocycles. The van der Waals surface area contributed by atoms with Crippen LogP contribution in [0.2, 0.25) is 0 Å². The molecule has 0 aliphatic heterocycles. The molecule has 0 fully saturated rings. The standard InChI is InChI=1S/C26H28N2O4/c1-20(2)19-32-23-12-8-9-21(17-23)28-26(29)18-27-24-13-6-7-14-25(24)31-16-15-30-22-10-4-3-5-11-22/h3-14,17,27H,1,15-16,18-19H2,2H3,(H,28,29). The third-order valence-electron chi connectivity index (χ3n) is 4.28. The summed E-state index contributed by atoms with van der Waals surface area (Å²) in [5.74, 6) is 1.96. The van der Waals surface area contributed by atoms with E-state index in [1.54, 1.807) is 6.07 Å². The summed E-state index contributed by atoms with van der Waals surface area (Å²) in [5, 5.41) is 5.99. The number of rotatable bonds is 12. The average molecular weight is 433 g/mol. The Morgan fingerprint density at radius 3 is 2.38 bits per heavy atom. The van der Waals surface area contributed by atoms with Crippen molar-refractivity contribution in [2.24, 2.45) is 0 Å². The number of anilines is 2. The van der Waals surface area contributed by atoms with Crippen LogP contribution < -0.4 is 24.8 Å². The summed E-state index contributed by atoms with van der Waals surface area (Å²) in [6, 6.07) is 24.3. The highest BCUT2D eigenvalue weighted by Crippen LogP contribution is 2.24. The van der Waals surface area contributed by atoms with Crippen LogP contribution in [-0.4, -0.2) is 32.3 Å². The molecule has 0 aromatic heterocycles. The number of nitrogens with one attached hydrogen (secondary N) is 2. The number of hydrogen-bond acceptors (Lipinski definition) is 5. The number of para-hydroxylation sites is 3. The van der Waals surface area contributed by atoms with Crippen molar-refractivity contribution in [1.82, 2.24) is 0 Å². The first-order chi connectivity index (χ1) is 15.6. The van der Waals surface area contributed by atoms with Crippen LogP contribution in [0.15, 0.2) is 91.0 Å². The fourth-order valence-corrected chi connectivity index (χ4v) is 2.82. The van der Waals surface area contributed by atoms with Gasteiger partial charge in [0, 0.05) is 11.8 Å². The molecule has 0 atom stereocenters. The molecule has 0 unspecified atom stereocenters. The van der Waals surface area contributed by atoms with Crippen molar-refractivity contribution in [2.45, 2.75) is 6.92 Å². The molecule has 2 N–H and O–H groups in total. The maximum absolute atomic E-state index is 12.4. The Morgan fingerprint density at radius 2 is 1.56 bits per heavy atom. The maximum atomic E-state index is 12.4. The molecule has 0 aliphatic rings. The van der Waals surface area contributed by atoms with Gasteiger partial charge in [-0.25, -0.2) is 0 Å². The van der Waals surface area contributed by atoms with Gasteiger partial charge in [0.1, 0.15) is 37.1 Å². The highest BCUT2D eigenvalue weighted by atomic mass is 16.5. The molecule has 0 saturated carbocycles. The summed E-state index contributed by atoms with van der Waals surface area (Å²) in [5.41, 5.74) is 2.33. The van der Waals surface area contributed by atoms with Gasteiger partial charge >= 0.3 is 0 Å².